The first-order valence-electron chi connectivity index (χ1n) is 5.59. The molecule has 19 heavy (non-hydrogen) atoms. The molecule has 0 radical (unpaired) electrons. The summed E-state index contributed by atoms with van der Waals surface area (Å²) < 4.78 is 5.56. The van der Waals surface area contributed by atoms with Gasteiger partial charge in [-0.25, -0.2) is 0 Å². The molecule has 0 saturated heterocycles. The molecule has 2 N–H and O–H groups in total. The number of hydrogen-bond acceptors (Lipinski definition) is 3. The molecule has 0 heterocycles. The van der Waals surface area contributed by atoms with Gasteiger partial charge in [0, 0.05) is 5.02 Å². The zero-order chi connectivity index (χ0) is 13.8. The molecular formula is C13H11BCl2O3. The van der Waals surface area contributed by atoms with Gasteiger partial charge in [0.25, 0.3) is 0 Å². The minimum absolute atomic E-state index is 0.336. The van der Waals surface area contributed by atoms with Crippen LogP contribution in [0.25, 0.3) is 0 Å². The van der Waals surface area contributed by atoms with Crippen LogP contribution >= 0.6 is 23.2 Å². The van der Waals surface area contributed by atoms with Crippen molar-refractivity contribution in [1.29, 1.82) is 0 Å². The Bertz CT molecular complexity index is 558. The summed E-state index contributed by atoms with van der Waals surface area (Å²) in [4.78, 5) is 0. The van der Waals surface area contributed by atoms with Gasteiger partial charge in [-0.05, 0) is 29.2 Å². The fraction of sp³-hybridized carbons (Fsp3) is 0.0769. The number of rotatable bonds is 4. The van der Waals surface area contributed by atoms with E-state index < -0.39 is 7.12 Å². The maximum atomic E-state index is 8.98. The third-order valence-electron chi connectivity index (χ3n) is 2.57. The van der Waals surface area contributed by atoms with Gasteiger partial charge in [-0.2, -0.15) is 0 Å². The normalized spacial score (nSPS) is 10.3. The quantitative estimate of drug-likeness (QED) is 0.851. The molecule has 0 atom stereocenters. The fourth-order valence-corrected chi connectivity index (χ4v) is 2.00. The molecule has 0 amide bonds. The van der Waals surface area contributed by atoms with Gasteiger partial charge >= 0.3 is 7.12 Å². The molecule has 0 fully saturated rings. The molecule has 2 aromatic carbocycles. The van der Waals surface area contributed by atoms with Crippen LogP contribution in [0.4, 0.5) is 0 Å². The van der Waals surface area contributed by atoms with Gasteiger partial charge in [-0.15, -0.1) is 0 Å². The van der Waals surface area contributed by atoms with E-state index in [1.165, 1.54) is 0 Å². The molecule has 3 nitrogen and oxygen atoms in total. The molecule has 0 saturated carbocycles. The second-order valence-electron chi connectivity index (χ2n) is 3.98. The van der Waals surface area contributed by atoms with E-state index in [0.29, 0.717) is 27.9 Å². The van der Waals surface area contributed by atoms with Crippen LogP contribution in [-0.2, 0) is 6.61 Å². The van der Waals surface area contributed by atoms with E-state index in [4.69, 9.17) is 38.0 Å². The second kappa shape index (κ2) is 6.30. The Labute approximate surface area is 121 Å². The standard InChI is InChI=1S/C13H11BCl2O3/c15-11-5-6-13(12(16)7-11)19-8-9-1-3-10(4-2-9)14(17)18/h1-7,17-18H,8H2. The highest BCUT2D eigenvalue weighted by atomic mass is 35.5. The summed E-state index contributed by atoms with van der Waals surface area (Å²) in [5.41, 5.74) is 1.34. The molecule has 0 bridgehead atoms. The molecule has 98 valence electrons. The number of halogens is 2. The van der Waals surface area contributed by atoms with Gasteiger partial charge < -0.3 is 14.8 Å². The number of hydrogen-bond donors (Lipinski definition) is 2. The van der Waals surface area contributed by atoms with Crippen molar-refractivity contribution in [3.05, 3.63) is 58.1 Å². The van der Waals surface area contributed by atoms with Gasteiger partial charge in [-0.3, -0.25) is 0 Å². The van der Waals surface area contributed by atoms with Crippen LogP contribution in [0.15, 0.2) is 42.5 Å². The van der Waals surface area contributed by atoms with Gasteiger partial charge in [0.05, 0.1) is 5.02 Å². The molecule has 6 heteroatoms. The first-order valence-corrected chi connectivity index (χ1v) is 6.34. The molecule has 2 aromatic rings. The number of ether oxygens (including phenoxy) is 1. The van der Waals surface area contributed by atoms with E-state index >= 15 is 0 Å². The number of benzene rings is 2. The lowest BCUT2D eigenvalue weighted by Crippen LogP contribution is -2.29. The molecule has 0 spiro atoms. The van der Waals surface area contributed by atoms with Crippen LogP contribution < -0.4 is 10.2 Å². The molecule has 2 rings (SSSR count). The summed E-state index contributed by atoms with van der Waals surface area (Å²) in [5, 5.41) is 19.0. The third kappa shape index (κ3) is 3.88. The van der Waals surface area contributed by atoms with Crippen molar-refractivity contribution in [2.45, 2.75) is 6.61 Å². The average Bonchev–Trinajstić information content (AvgIpc) is 2.38. The Hall–Kier alpha value is -1.20. The maximum Gasteiger partial charge on any atom is 0.488 e. The van der Waals surface area contributed by atoms with Crippen molar-refractivity contribution in [1.82, 2.24) is 0 Å². The fourth-order valence-electron chi connectivity index (χ4n) is 1.54. The summed E-state index contributed by atoms with van der Waals surface area (Å²) >= 11 is 11.8. The summed E-state index contributed by atoms with van der Waals surface area (Å²) in [6.07, 6.45) is 0. The van der Waals surface area contributed by atoms with Crippen molar-refractivity contribution in [2.75, 3.05) is 0 Å². The lowest BCUT2D eigenvalue weighted by Gasteiger charge is -2.09. The van der Waals surface area contributed by atoms with Crippen molar-refractivity contribution in [2.24, 2.45) is 0 Å². The molecule has 0 unspecified atom stereocenters. The van der Waals surface area contributed by atoms with Crippen molar-refractivity contribution in [3.63, 3.8) is 0 Å². The Kier molecular flexibility index (Phi) is 4.72. The largest absolute Gasteiger partial charge is 0.488 e. The van der Waals surface area contributed by atoms with Crippen LogP contribution in [0.2, 0.25) is 10.0 Å². The van der Waals surface area contributed by atoms with E-state index in [1.54, 1.807) is 42.5 Å². The van der Waals surface area contributed by atoms with E-state index in [2.05, 4.69) is 0 Å². The van der Waals surface area contributed by atoms with Crippen LogP contribution in [0.1, 0.15) is 5.56 Å². The minimum atomic E-state index is -1.46. The minimum Gasteiger partial charge on any atom is -0.487 e. The average molecular weight is 297 g/mol. The molecule has 0 aliphatic rings. The predicted molar refractivity (Wildman–Crippen MR) is 77.1 cm³/mol. The predicted octanol–water partition coefficient (Wildman–Crippen LogP) is 2.25. The van der Waals surface area contributed by atoms with Gasteiger partial charge in [0.2, 0.25) is 0 Å². The van der Waals surface area contributed by atoms with Crippen LogP contribution in [-0.4, -0.2) is 17.2 Å². The highest BCUT2D eigenvalue weighted by molar-refractivity contribution is 6.58. The van der Waals surface area contributed by atoms with Crippen molar-refractivity contribution in [3.8, 4) is 5.75 Å². The van der Waals surface area contributed by atoms with E-state index in [1.807, 2.05) is 0 Å². The van der Waals surface area contributed by atoms with Crippen LogP contribution in [0.5, 0.6) is 5.75 Å². The first kappa shape index (κ1) is 14.2. The summed E-state index contributed by atoms with van der Waals surface area (Å²) in [6, 6.07) is 11.8. The zero-order valence-corrected chi connectivity index (χ0v) is 11.4. The first-order chi connectivity index (χ1) is 9.06. The molecule has 0 aromatic heterocycles. The van der Waals surface area contributed by atoms with Gasteiger partial charge in [0.15, 0.2) is 0 Å². The van der Waals surface area contributed by atoms with Crippen molar-refractivity contribution >= 4 is 35.8 Å². The summed E-state index contributed by atoms with van der Waals surface area (Å²) in [7, 11) is -1.46. The van der Waals surface area contributed by atoms with E-state index in [0.717, 1.165) is 5.56 Å². The monoisotopic (exact) mass is 296 g/mol. The van der Waals surface area contributed by atoms with Crippen molar-refractivity contribution < 1.29 is 14.8 Å². The lowest BCUT2D eigenvalue weighted by atomic mass is 9.80. The van der Waals surface area contributed by atoms with Crippen LogP contribution in [0, 0.1) is 0 Å². The SMILES string of the molecule is OB(O)c1ccc(COc2ccc(Cl)cc2Cl)cc1. The molecule has 0 aliphatic carbocycles. The third-order valence-corrected chi connectivity index (χ3v) is 3.10. The Morgan fingerprint density at radius 1 is 1.00 bits per heavy atom. The summed E-state index contributed by atoms with van der Waals surface area (Å²) in [6.45, 7) is 0.336. The Balaban J connectivity index is 2.02. The maximum absolute atomic E-state index is 8.98. The zero-order valence-electron chi connectivity index (χ0n) is 9.88. The lowest BCUT2D eigenvalue weighted by molar-refractivity contribution is 0.306. The molecule has 0 aliphatic heterocycles. The van der Waals surface area contributed by atoms with E-state index in [9.17, 15) is 0 Å². The Morgan fingerprint density at radius 3 is 2.26 bits per heavy atom. The Morgan fingerprint density at radius 2 is 1.68 bits per heavy atom. The van der Waals surface area contributed by atoms with Gasteiger partial charge in [-0.1, -0.05) is 47.5 Å². The summed E-state index contributed by atoms with van der Waals surface area (Å²) in [5.74, 6) is 0.553. The molecular weight excluding hydrogens is 286 g/mol. The smallest absolute Gasteiger partial charge is 0.487 e. The topological polar surface area (TPSA) is 49.7 Å². The second-order valence-corrected chi connectivity index (χ2v) is 4.82. The van der Waals surface area contributed by atoms with E-state index in [-0.39, 0.29) is 0 Å². The highest BCUT2D eigenvalue weighted by Gasteiger charge is 2.10. The van der Waals surface area contributed by atoms with Gasteiger partial charge in [0.1, 0.15) is 12.4 Å². The highest BCUT2D eigenvalue weighted by Crippen LogP contribution is 2.28. The van der Waals surface area contributed by atoms with Crippen LogP contribution in [0.3, 0.4) is 0 Å².